The molecule has 0 radical (unpaired) electrons. The molecule has 2 rings (SSSR count). The summed E-state index contributed by atoms with van der Waals surface area (Å²) in [5.74, 6) is 0.615. The van der Waals surface area contributed by atoms with Gasteiger partial charge in [-0.05, 0) is 50.3 Å². The molecule has 0 amide bonds. The molecule has 1 aliphatic rings. The average Bonchev–Trinajstić information content (AvgIpc) is 2.60. The molecule has 1 aromatic carbocycles. The fourth-order valence-corrected chi connectivity index (χ4v) is 3.12. The Bertz CT molecular complexity index is 437. The molecular weight excluding hydrogens is 256 g/mol. The van der Waals surface area contributed by atoms with Gasteiger partial charge in [0.25, 0.3) is 0 Å². The summed E-state index contributed by atoms with van der Waals surface area (Å²) in [7, 11) is 0. The van der Waals surface area contributed by atoms with Gasteiger partial charge in [-0.25, -0.2) is 0 Å². The fourth-order valence-electron chi connectivity index (χ4n) is 3.12. The summed E-state index contributed by atoms with van der Waals surface area (Å²) >= 11 is 0. The van der Waals surface area contributed by atoms with E-state index in [9.17, 15) is 0 Å². The lowest BCUT2D eigenvalue weighted by molar-refractivity contribution is 0.163. The van der Waals surface area contributed by atoms with Crippen LogP contribution in [-0.2, 0) is 6.54 Å². The second-order valence-electron chi connectivity index (χ2n) is 7.28. The summed E-state index contributed by atoms with van der Waals surface area (Å²) in [5, 5.41) is 3.74. The Morgan fingerprint density at radius 1 is 1.29 bits per heavy atom. The van der Waals surface area contributed by atoms with Gasteiger partial charge in [-0.15, -0.1) is 0 Å². The molecule has 0 aromatic heterocycles. The highest BCUT2D eigenvalue weighted by atomic mass is 15.2. The molecule has 1 aromatic rings. The van der Waals surface area contributed by atoms with E-state index in [1.165, 1.54) is 24.0 Å². The van der Waals surface area contributed by atoms with Crippen LogP contribution in [0.15, 0.2) is 24.3 Å². The predicted octanol–water partition coefficient (Wildman–Crippen LogP) is 4.16. The van der Waals surface area contributed by atoms with Crippen molar-refractivity contribution in [1.29, 1.82) is 0 Å². The zero-order chi connectivity index (χ0) is 15.5. The molecule has 0 aliphatic carbocycles. The lowest BCUT2D eigenvalue weighted by Crippen LogP contribution is -2.49. The van der Waals surface area contributed by atoms with Gasteiger partial charge in [-0.3, -0.25) is 4.90 Å². The number of nitrogens with zero attached hydrogens (tertiary/aromatic N) is 1. The zero-order valence-corrected chi connectivity index (χ0v) is 14.4. The van der Waals surface area contributed by atoms with E-state index in [0.29, 0.717) is 12.0 Å². The Kier molecular flexibility index (Phi) is 5.45. The molecule has 118 valence electrons. The number of hydrogen-bond donors (Lipinski definition) is 1. The van der Waals surface area contributed by atoms with Gasteiger partial charge in [0.15, 0.2) is 0 Å². The summed E-state index contributed by atoms with van der Waals surface area (Å²) in [4.78, 5) is 2.65. The Balaban J connectivity index is 2.08. The molecule has 1 fully saturated rings. The summed E-state index contributed by atoms with van der Waals surface area (Å²) in [6, 6.07) is 9.85. The molecule has 1 N–H and O–H groups in total. The van der Waals surface area contributed by atoms with Crippen molar-refractivity contribution in [2.24, 2.45) is 0 Å². The van der Waals surface area contributed by atoms with E-state index < -0.39 is 0 Å². The minimum Gasteiger partial charge on any atom is -0.310 e. The van der Waals surface area contributed by atoms with Gasteiger partial charge < -0.3 is 5.32 Å². The monoisotopic (exact) mass is 288 g/mol. The highest BCUT2D eigenvalue weighted by molar-refractivity contribution is 5.24. The molecule has 0 spiro atoms. The third-order valence-electron chi connectivity index (χ3n) is 5.10. The maximum atomic E-state index is 3.74. The maximum Gasteiger partial charge on any atom is 0.0278 e. The molecule has 1 saturated heterocycles. The van der Waals surface area contributed by atoms with Gasteiger partial charge in [0.05, 0.1) is 0 Å². The van der Waals surface area contributed by atoms with E-state index in [1.54, 1.807) is 0 Å². The van der Waals surface area contributed by atoms with Crippen LogP contribution in [0.2, 0.25) is 0 Å². The first kappa shape index (κ1) is 16.5. The molecule has 0 saturated carbocycles. The molecule has 2 unspecified atom stereocenters. The minimum atomic E-state index is 0.253. The number of nitrogens with one attached hydrogen (secondary N) is 1. The number of hydrogen-bond acceptors (Lipinski definition) is 2. The normalized spacial score (nSPS) is 27.8. The highest BCUT2D eigenvalue weighted by Crippen LogP contribution is 2.22. The van der Waals surface area contributed by atoms with Gasteiger partial charge in [0, 0.05) is 24.7 Å². The van der Waals surface area contributed by atoms with Crippen LogP contribution in [0.3, 0.4) is 0 Å². The smallest absolute Gasteiger partial charge is 0.0278 e. The van der Waals surface area contributed by atoms with Crippen LogP contribution in [0, 0.1) is 0 Å². The lowest BCUT2D eigenvalue weighted by Gasteiger charge is -2.35. The first-order valence-electron chi connectivity index (χ1n) is 8.51. The van der Waals surface area contributed by atoms with Crippen LogP contribution in [0.1, 0.15) is 64.5 Å². The summed E-state index contributed by atoms with van der Waals surface area (Å²) in [6.07, 6.45) is 2.42. The van der Waals surface area contributed by atoms with Crippen LogP contribution >= 0.6 is 0 Å². The molecule has 2 heteroatoms. The molecular formula is C19H32N2. The van der Waals surface area contributed by atoms with Crippen molar-refractivity contribution in [3.63, 3.8) is 0 Å². The van der Waals surface area contributed by atoms with Crippen molar-refractivity contribution in [3.05, 3.63) is 35.4 Å². The zero-order valence-electron chi connectivity index (χ0n) is 14.4. The largest absolute Gasteiger partial charge is 0.310 e. The SMILES string of the molecule is CCC1(C)CN(Cc2ccc(C(C)C)cc2)C(C)CCN1. The molecule has 0 bridgehead atoms. The van der Waals surface area contributed by atoms with E-state index in [0.717, 1.165) is 19.6 Å². The van der Waals surface area contributed by atoms with Crippen LogP contribution in [0.25, 0.3) is 0 Å². The average molecular weight is 288 g/mol. The van der Waals surface area contributed by atoms with Crippen molar-refractivity contribution in [2.45, 2.75) is 71.5 Å². The number of benzene rings is 1. The van der Waals surface area contributed by atoms with Crippen molar-refractivity contribution < 1.29 is 0 Å². The van der Waals surface area contributed by atoms with E-state index in [1.807, 2.05) is 0 Å². The van der Waals surface area contributed by atoms with Gasteiger partial charge in [0.2, 0.25) is 0 Å². The quantitative estimate of drug-likeness (QED) is 0.895. The molecule has 21 heavy (non-hydrogen) atoms. The minimum absolute atomic E-state index is 0.253. The van der Waals surface area contributed by atoms with Crippen molar-refractivity contribution in [1.82, 2.24) is 10.2 Å². The molecule has 1 heterocycles. The Hall–Kier alpha value is -0.860. The summed E-state index contributed by atoms with van der Waals surface area (Å²) < 4.78 is 0. The van der Waals surface area contributed by atoms with Crippen LogP contribution in [0.5, 0.6) is 0 Å². The Morgan fingerprint density at radius 3 is 2.52 bits per heavy atom. The molecule has 2 atom stereocenters. The highest BCUT2D eigenvalue weighted by Gasteiger charge is 2.30. The lowest BCUT2D eigenvalue weighted by atomic mass is 9.97. The van der Waals surface area contributed by atoms with Crippen LogP contribution < -0.4 is 5.32 Å². The first-order valence-corrected chi connectivity index (χ1v) is 8.51. The molecule has 1 aliphatic heterocycles. The van der Waals surface area contributed by atoms with E-state index in [2.05, 4.69) is 69.1 Å². The van der Waals surface area contributed by atoms with Crippen LogP contribution in [0.4, 0.5) is 0 Å². The third-order valence-corrected chi connectivity index (χ3v) is 5.10. The molecule has 2 nitrogen and oxygen atoms in total. The van der Waals surface area contributed by atoms with Crippen molar-refractivity contribution >= 4 is 0 Å². The Labute approximate surface area is 130 Å². The fraction of sp³-hybridized carbons (Fsp3) is 0.684. The van der Waals surface area contributed by atoms with Gasteiger partial charge in [-0.1, -0.05) is 45.0 Å². The summed E-state index contributed by atoms with van der Waals surface area (Å²) in [6.45, 7) is 14.9. The number of rotatable bonds is 4. The standard InChI is InChI=1S/C19H32N2/c1-6-19(5)14-21(16(4)11-12-20-19)13-17-7-9-18(10-8-17)15(2)3/h7-10,15-16,20H,6,11-14H2,1-5H3. The van der Waals surface area contributed by atoms with Gasteiger partial charge in [0.1, 0.15) is 0 Å². The van der Waals surface area contributed by atoms with Crippen LogP contribution in [-0.4, -0.2) is 29.6 Å². The topological polar surface area (TPSA) is 15.3 Å². The van der Waals surface area contributed by atoms with Crippen molar-refractivity contribution in [2.75, 3.05) is 13.1 Å². The van der Waals surface area contributed by atoms with Gasteiger partial charge >= 0.3 is 0 Å². The van der Waals surface area contributed by atoms with E-state index in [4.69, 9.17) is 0 Å². The predicted molar refractivity (Wildman–Crippen MR) is 91.7 cm³/mol. The Morgan fingerprint density at radius 2 is 1.95 bits per heavy atom. The van der Waals surface area contributed by atoms with Crippen molar-refractivity contribution in [3.8, 4) is 0 Å². The van der Waals surface area contributed by atoms with E-state index >= 15 is 0 Å². The van der Waals surface area contributed by atoms with E-state index in [-0.39, 0.29) is 5.54 Å². The maximum absolute atomic E-state index is 3.74. The van der Waals surface area contributed by atoms with Gasteiger partial charge in [-0.2, -0.15) is 0 Å². The first-order chi connectivity index (χ1) is 9.93. The third kappa shape index (κ3) is 4.31. The second kappa shape index (κ2) is 6.93. The second-order valence-corrected chi connectivity index (χ2v) is 7.28. The summed E-state index contributed by atoms with van der Waals surface area (Å²) in [5.41, 5.74) is 3.12.